The Balaban J connectivity index is 1.48. The molecule has 0 unspecified atom stereocenters. The van der Waals surface area contributed by atoms with Crippen LogP contribution in [0.4, 0.5) is 19.0 Å². The fourth-order valence-corrected chi connectivity index (χ4v) is 3.71. The number of benzene rings is 2. The topological polar surface area (TPSA) is 71.3 Å². The molecule has 1 amide bonds. The van der Waals surface area contributed by atoms with Crippen molar-refractivity contribution in [2.75, 3.05) is 18.4 Å². The highest BCUT2D eigenvalue weighted by Gasteiger charge is 2.30. The molecular formula is C23H19BrF3N5O. The molecule has 0 aliphatic rings. The maximum Gasteiger partial charge on any atom is 0.416 e. The number of hydrogen-bond acceptors (Lipinski definition) is 4. The number of nitrogens with one attached hydrogen (secondary N) is 2. The van der Waals surface area contributed by atoms with Gasteiger partial charge in [0.15, 0.2) is 5.65 Å². The van der Waals surface area contributed by atoms with Gasteiger partial charge in [-0.2, -0.15) is 22.8 Å². The van der Waals surface area contributed by atoms with Gasteiger partial charge < -0.3 is 10.6 Å². The lowest BCUT2D eigenvalue weighted by molar-refractivity contribution is -0.137. The summed E-state index contributed by atoms with van der Waals surface area (Å²) in [6, 6.07) is 14.1. The van der Waals surface area contributed by atoms with Crippen LogP contribution in [0.5, 0.6) is 0 Å². The number of halogens is 4. The molecule has 6 nitrogen and oxygen atoms in total. The average molecular weight is 518 g/mol. The average Bonchev–Trinajstić information content (AvgIpc) is 3.17. The predicted molar refractivity (Wildman–Crippen MR) is 123 cm³/mol. The van der Waals surface area contributed by atoms with Crippen molar-refractivity contribution < 1.29 is 18.0 Å². The zero-order chi connectivity index (χ0) is 23.6. The Morgan fingerprint density at radius 1 is 1.09 bits per heavy atom. The van der Waals surface area contributed by atoms with Crippen molar-refractivity contribution in [1.29, 1.82) is 0 Å². The molecule has 0 aliphatic carbocycles. The fraction of sp³-hybridized carbons (Fsp3) is 0.174. The zero-order valence-corrected chi connectivity index (χ0v) is 19.0. The second-order valence-electron chi connectivity index (χ2n) is 7.33. The van der Waals surface area contributed by atoms with E-state index >= 15 is 0 Å². The monoisotopic (exact) mass is 517 g/mol. The number of aromatic nitrogens is 3. The summed E-state index contributed by atoms with van der Waals surface area (Å²) in [6.07, 6.45) is -2.86. The van der Waals surface area contributed by atoms with E-state index < -0.39 is 17.6 Å². The van der Waals surface area contributed by atoms with Crippen molar-refractivity contribution in [2.45, 2.75) is 13.1 Å². The first-order valence-electron chi connectivity index (χ1n) is 10.0. The molecule has 0 saturated heterocycles. The molecule has 170 valence electrons. The van der Waals surface area contributed by atoms with E-state index in [1.165, 1.54) is 12.1 Å². The first kappa shape index (κ1) is 22.8. The largest absolute Gasteiger partial charge is 0.416 e. The van der Waals surface area contributed by atoms with Crippen LogP contribution in [0.2, 0.25) is 0 Å². The Morgan fingerprint density at radius 3 is 2.64 bits per heavy atom. The SMILES string of the molecule is Cc1ccccc1-c1cc(NCCNC(=O)c2cccc(C(F)(F)F)c2)n2ncc(Br)c2n1. The molecule has 2 N–H and O–H groups in total. The minimum absolute atomic E-state index is 0.0472. The van der Waals surface area contributed by atoms with E-state index in [9.17, 15) is 18.0 Å². The van der Waals surface area contributed by atoms with E-state index in [4.69, 9.17) is 4.98 Å². The van der Waals surface area contributed by atoms with Gasteiger partial charge in [0.25, 0.3) is 5.91 Å². The third-order valence-corrected chi connectivity index (χ3v) is 5.58. The van der Waals surface area contributed by atoms with Gasteiger partial charge in [-0.3, -0.25) is 4.79 Å². The van der Waals surface area contributed by atoms with Gasteiger partial charge in [-0.15, -0.1) is 0 Å². The van der Waals surface area contributed by atoms with Crippen LogP contribution in [0, 0.1) is 6.92 Å². The summed E-state index contributed by atoms with van der Waals surface area (Å²) in [6.45, 7) is 2.53. The fourth-order valence-electron chi connectivity index (χ4n) is 3.37. The molecule has 0 atom stereocenters. The van der Waals surface area contributed by atoms with Crippen molar-refractivity contribution in [2.24, 2.45) is 0 Å². The van der Waals surface area contributed by atoms with Gasteiger partial charge in [-0.25, -0.2) is 4.98 Å². The third kappa shape index (κ3) is 5.00. The molecule has 0 saturated carbocycles. The van der Waals surface area contributed by atoms with Crippen LogP contribution in [0.1, 0.15) is 21.5 Å². The molecule has 0 radical (unpaired) electrons. The minimum atomic E-state index is -4.50. The Hall–Kier alpha value is -3.40. The first-order chi connectivity index (χ1) is 15.7. The number of alkyl halides is 3. The van der Waals surface area contributed by atoms with E-state index in [0.717, 1.165) is 33.4 Å². The Morgan fingerprint density at radius 2 is 1.88 bits per heavy atom. The normalized spacial score (nSPS) is 11.5. The van der Waals surface area contributed by atoms with E-state index in [-0.39, 0.29) is 12.1 Å². The van der Waals surface area contributed by atoms with Crippen LogP contribution in [0.3, 0.4) is 0 Å². The molecule has 0 aliphatic heterocycles. The highest BCUT2D eigenvalue weighted by Crippen LogP contribution is 2.30. The van der Waals surface area contributed by atoms with Crippen LogP contribution >= 0.6 is 15.9 Å². The second-order valence-corrected chi connectivity index (χ2v) is 8.19. The molecule has 2 aromatic heterocycles. The smallest absolute Gasteiger partial charge is 0.368 e. The molecule has 33 heavy (non-hydrogen) atoms. The minimum Gasteiger partial charge on any atom is -0.368 e. The molecule has 0 fully saturated rings. The lowest BCUT2D eigenvalue weighted by Gasteiger charge is -2.13. The highest BCUT2D eigenvalue weighted by molar-refractivity contribution is 9.10. The lowest BCUT2D eigenvalue weighted by Crippen LogP contribution is -2.29. The third-order valence-electron chi connectivity index (χ3n) is 5.02. The van der Waals surface area contributed by atoms with Gasteiger partial charge in [0.05, 0.1) is 21.9 Å². The van der Waals surface area contributed by atoms with Gasteiger partial charge in [-0.1, -0.05) is 30.3 Å². The summed E-state index contributed by atoms with van der Waals surface area (Å²) in [4.78, 5) is 17.0. The summed E-state index contributed by atoms with van der Waals surface area (Å²) >= 11 is 3.46. The maximum atomic E-state index is 12.9. The zero-order valence-electron chi connectivity index (χ0n) is 17.4. The lowest BCUT2D eigenvalue weighted by atomic mass is 10.1. The van der Waals surface area contributed by atoms with E-state index in [0.29, 0.717) is 18.0 Å². The predicted octanol–water partition coefficient (Wildman–Crippen LogP) is 5.33. The summed E-state index contributed by atoms with van der Waals surface area (Å²) in [5, 5.41) is 10.2. The molecule has 4 rings (SSSR count). The summed E-state index contributed by atoms with van der Waals surface area (Å²) < 4.78 is 41.0. The molecule has 2 aromatic carbocycles. The van der Waals surface area contributed by atoms with Gasteiger partial charge in [-0.05, 0) is 46.6 Å². The molecule has 4 aromatic rings. The second kappa shape index (κ2) is 9.22. The number of anilines is 1. The van der Waals surface area contributed by atoms with Crippen LogP contribution < -0.4 is 10.6 Å². The van der Waals surface area contributed by atoms with Gasteiger partial charge >= 0.3 is 6.18 Å². The quantitative estimate of drug-likeness (QED) is 0.339. The number of rotatable bonds is 6. The molecule has 2 heterocycles. The number of hydrogen-bond donors (Lipinski definition) is 2. The number of carbonyl (C=O) groups excluding carboxylic acids is 1. The summed E-state index contributed by atoms with van der Waals surface area (Å²) in [5.74, 6) is 0.0856. The number of aryl methyl sites for hydroxylation is 1. The van der Waals surface area contributed by atoms with Crippen LogP contribution in [0.25, 0.3) is 16.9 Å². The summed E-state index contributed by atoms with van der Waals surface area (Å²) in [5.41, 5.74) is 2.54. The number of amides is 1. The number of nitrogens with zero attached hydrogens (tertiary/aromatic N) is 3. The van der Waals surface area contributed by atoms with Crippen molar-refractivity contribution in [3.05, 3.63) is 82.0 Å². The van der Waals surface area contributed by atoms with E-state index in [1.807, 2.05) is 37.3 Å². The van der Waals surface area contributed by atoms with E-state index in [2.05, 4.69) is 31.7 Å². The molecule has 10 heteroatoms. The van der Waals surface area contributed by atoms with Crippen molar-refractivity contribution in [3.8, 4) is 11.3 Å². The maximum absolute atomic E-state index is 12.9. The number of fused-ring (bicyclic) bond motifs is 1. The molecular weight excluding hydrogens is 499 g/mol. The van der Waals surface area contributed by atoms with Gasteiger partial charge in [0.2, 0.25) is 0 Å². The van der Waals surface area contributed by atoms with E-state index in [1.54, 1.807) is 10.7 Å². The van der Waals surface area contributed by atoms with Crippen LogP contribution in [-0.2, 0) is 6.18 Å². The summed E-state index contributed by atoms with van der Waals surface area (Å²) in [7, 11) is 0. The molecule has 0 spiro atoms. The van der Waals surface area contributed by atoms with Crippen LogP contribution in [-0.4, -0.2) is 33.6 Å². The Labute approximate surface area is 196 Å². The van der Waals surface area contributed by atoms with Gasteiger partial charge in [0, 0.05) is 30.3 Å². The van der Waals surface area contributed by atoms with Crippen LogP contribution in [0.15, 0.2) is 65.3 Å². The van der Waals surface area contributed by atoms with Crippen molar-refractivity contribution >= 4 is 33.3 Å². The standard InChI is InChI=1S/C23H19BrF3N5O/c1-14-5-2-3-8-17(14)19-12-20(32-21(31-19)18(24)13-30-32)28-9-10-29-22(33)15-6-4-7-16(11-15)23(25,26)27/h2-8,11-13,28H,9-10H2,1H3,(H,29,33). The molecule has 0 bridgehead atoms. The Kier molecular flexibility index (Phi) is 6.37. The Bertz CT molecular complexity index is 1320. The van der Waals surface area contributed by atoms with Crippen molar-refractivity contribution in [1.82, 2.24) is 19.9 Å². The van der Waals surface area contributed by atoms with Crippen molar-refractivity contribution in [3.63, 3.8) is 0 Å². The number of carbonyl (C=O) groups is 1. The highest BCUT2D eigenvalue weighted by atomic mass is 79.9. The van der Waals surface area contributed by atoms with Gasteiger partial charge in [0.1, 0.15) is 5.82 Å². The first-order valence-corrected chi connectivity index (χ1v) is 10.8.